The van der Waals surface area contributed by atoms with Gasteiger partial charge in [0.15, 0.2) is 5.82 Å². The fourth-order valence-electron chi connectivity index (χ4n) is 3.56. The first-order chi connectivity index (χ1) is 12.8. The van der Waals surface area contributed by atoms with Crippen LogP contribution < -0.4 is 5.32 Å². The van der Waals surface area contributed by atoms with Crippen molar-refractivity contribution in [3.63, 3.8) is 0 Å². The van der Waals surface area contributed by atoms with Crippen LogP contribution in [0, 0.1) is 5.92 Å². The summed E-state index contributed by atoms with van der Waals surface area (Å²) in [5, 5.41) is 3.04. The maximum absolute atomic E-state index is 12.4. The summed E-state index contributed by atoms with van der Waals surface area (Å²) in [5.74, 6) is 0.705. The van der Waals surface area contributed by atoms with Crippen molar-refractivity contribution in [3.05, 3.63) is 60.2 Å². The van der Waals surface area contributed by atoms with Gasteiger partial charge < -0.3 is 10.3 Å². The molecule has 1 aliphatic heterocycles. The zero-order valence-corrected chi connectivity index (χ0v) is 14.7. The number of imidazole rings is 1. The lowest BCUT2D eigenvalue weighted by Gasteiger charge is -2.32. The molecule has 134 valence electrons. The predicted molar refractivity (Wildman–Crippen MR) is 101 cm³/mol. The fourth-order valence-corrected chi connectivity index (χ4v) is 3.56. The molecule has 0 saturated carbocycles. The number of aromatic nitrogens is 3. The van der Waals surface area contributed by atoms with E-state index in [1.165, 1.54) is 0 Å². The van der Waals surface area contributed by atoms with Crippen LogP contribution in [0.1, 0.15) is 29.2 Å². The number of aromatic amines is 1. The average Bonchev–Trinajstić information content (AvgIpc) is 3.12. The lowest BCUT2D eigenvalue weighted by molar-refractivity contribution is 0.0921. The molecule has 0 bridgehead atoms. The minimum absolute atomic E-state index is 0.136. The van der Waals surface area contributed by atoms with Crippen molar-refractivity contribution in [2.45, 2.75) is 19.4 Å². The van der Waals surface area contributed by atoms with E-state index in [9.17, 15) is 4.79 Å². The Labute approximate surface area is 152 Å². The second kappa shape index (κ2) is 7.66. The molecular weight excluding hydrogens is 326 g/mol. The van der Waals surface area contributed by atoms with Gasteiger partial charge in [-0.05, 0) is 49.6 Å². The largest absolute Gasteiger partial charge is 0.349 e. The number of carbonyl (C=O) groups excluding carboxylic acids is 1. The lowest BCUT2D eigenvalue weighted by atomic mass is 9.98. The van der Waals surface area contributed by atoms with Gasteiger partial charge in [-0.25, -0.2) is 4.98 Å². The molecule has 6 heteroatoms. The highest BCUT2D eigenvalue weighted by molar-refractivity contribution is 5.94. The minimum Gasteiger partial charge on any atom is -0.349 e. The maximum Gasteiger partial charge on any atom is 0.287 e. The number of H-pyrrole nitrogens is 1. The number of amides is 1. The molecule has 0 aliphatic carbocycles. The third-order valence-electron chi connectivity index (χ3n) is 4.87. The second-order valence-electron chi connectivity index (χ2n) is 6.88. The third kappa shape index (κ3) is 3.91. The van der Waals surface area contributed by atoms with E-state index < -0.39 is 0 Å². The summed E-state index contributed by atoms with van der Waals surface area (Å²) < 4.78 is 0. The van der Waals surface area contributed by atoms with E-state index in [-0.39, 0.29) is 5.91 Å². The summed E-state index contributed by atoms with van der Waals surface area (Å²) in [6.45, 7) is 3.62. The number of nitrogens with one attached hydrogen (secondary N) is 2. The van der Waals surface area contributed by atoms with E-state index in [0.717, 1.165) is 49.2 Å². The van der Waals surface area contributed by atoms with Gasteiger partial charge in [0.1, 0.15) is 0 Å². The molecule has 1 atom stereocenters. The van der Waals surface area contributed by atoms with Crippen molar-refractivity contribution in [2.75, 3.05) is 19.6 Å². The maximum atomic E-state index is 12.4. The van der Waals surface area contributed by atoms with Crippen LogP contribution in [0.25, 0.3) is 11.0 Å². The van der Waals surface area contributed by atoms with Crippen LogP contribution in [0.15, 0.2) is 48.7 Å². The van der Waals surface area contributed by atoms with Crippen molar-refractivity contribution in [1.29, 1.82) is 0 Å². The Balaban J connectivity index is 1.31. The predicted octanol–water partition coefficient (Wildman–Crippen LogP) is 2.60. The highest BCUT2D eigenvalue weighted by atomic mass is 16.2. The topological polar surface area (TPSA) is 73.9 Å². The Kier molecular flexibility index (Phi) is 4.93. The van der Waals surface area contributed by atoms with Crippen molar-refractivity contribution in [1.82, 2.24) is 25.2 Å². The van der Waals surface area contributed by atoms with E-state index in [4.69, 9.17) is 0 Å². The van der Waals surface area contributed by atoms with Crippen LogP contribution in [0.4, 0.5) is 0 Å². The Morgan fingerprint density at radius 3 is 2.96 bits per heavy atom. The number of carbonyl (C=O) groups is 1. The number of pyridine rings is 1. The first-order valence-electron chi connectivity index (χ1n) is 9.13. The summed E-state index contributed by atoms with van der Waals surface area (Å²) in [6, 6.07) is 13.7. The van der Waals surface area contributed by atoms with E-state index in [1.807, 2.05) is 42.6 Å². The summed E-state index contributed by atoms with van der Waals surface area (Å²) in [4.78, 5) is 26.7. The number of hydrogen-bond donors (Lipinski definition) is 2. The zero-order chi connectivity index (χ0) is 17.8. The monoisotopic (exact) mass is 349 g/mol. The molecular formula is C20H23N5O. The van der Waals surface area contributed by atoms with Gasteiger partial charge >= 0.3 is 0 Å². The number of hydrogen-bond acceptors (Lipinski definition) is 4. The van der Waals surface area contributed by atoms with Crippen LogP contribution in [-0.2, 0) is 6.54 Å². The van der Waals surface area contributed by atoms with Gasteiger partial charge in [0.2, 0.25) is 0 Å². The number of likely N-dealkylation sites (tertiary alicyclic amines) is 1. The van der Waals surface area contributed by atoms with Crippen molar-refractivity contribution in [2.24, 2.45) is 5.92 Å². The number of para-hydroxylation sites is 2. The van der Waals surface area contributed by atoms with Gasteiger partial charge in [-0.15, -0.1) is 0 Å². The van der Waals surface area contributed by atoms with Crippen LogP contribution in [0.3, 0.4) is 0 Å². The van der Waals surface area contributed by atoms with Crippen LogP contribution in [0.2, 0.25) is 0 Å². The Hall–Kier alpha value is -2.73. The molecule has 2 aromatic heterocycles. The van der Waals surface area contributed by atoms with E-state index in [2.05, 4.69) is 31.2 Å². The Bertz CT molecular complexity index is 843. The number of rotatable bonds is 5. The molecule has 1 amide bonds. The van der Waals surface area contributed by atoms with Crippen molar-refractivity contribution >= 4 is 16.9 Å². The van der Waals surface area contributed by atoms with Gasteiger partial charge in [-0.1, -0.05) is 18.2 Å². The van der Waals surface area contributed by atoms with E-state index in [0.29, 0.717) is 18.3 Å². The van der Waals surface area contributed by atoms with Crippen LogP contribution in [0.5, 0.6) is 0 Å². The molecule has 1 saturated heterocycles. The Morgan fingerprint density at radius 1 is 1.23 bits per heavy atom. The number of benzene rings is 1. The molecule has 2 N–H and O–H groups in total. The lowest BCUT2D eigenvalue weighted by Crippen LogP contribution is -2.40. The van der Waals surface area contributed by atoms with Gasteiger partial charge in [-0.3, -0.25) is 14.7 Å². The molecule has 1 fully saturated rings. The normalized spacial score (nSPS) is 18.1. The summed E-state index contributed by atoms with van der Waals surface area (Å²) in [6.07, 6.45) is 4.13. The summed E-state index contributed by atoms with van der Waals surface area (Å²) in [7, 11) is 0. The Morgan fingerprint density at radius 2 is 2.12 bits per heavy atom. The minimum atomic E-state index is -0.136. The van der Waals surface area contributed by atoms with Gasteiger partial charge in [0.05, 0.1) is 16.7 Å². The van der Waals surface area contributed by atoms with E-state index >= 15 is 0 Å². The molecule has 3 heterocycles. The van der Waals surface area contributed by atoms with Gasteiger partial charge in [-0.2, -0.15) is 0 Å². The molecule has 4 rings (SSSR count). The first-order valence-corrected chi connectivity index (χ1v) is 9.13. The highest BCUT2D eigenvalue weighted by Crippen LogP contribution is 2.18. The third-order valence-corrected chi connectivity index (χ3v) is 4.87. The molecule has 3 aromatic rings. The zero-order valence-electron chi connectivity index (χ0n) is 14.7. The molecule has 0 spiro atoms. The van der Waals surface area contributed by atoms with Gasteiger partial charge in [0, 0.05) is 25.8 Å². The summed E-state index contributed by atoms with van der Waals surface area (Å²) in [5.41, 5.74) is 2.80. The summed E-state index contributed by atoms with van der Waals surface area (Å²) >= 11 is 0. The molecule has 6 nitrogen and oxygen atoms in total. The van der Waals surface area contributed by atoms with Crippen LogP contribution in [-0.4, -0.2) is 45.4 Å². The molecule has 1 aliphatic rings. The molecule has 26 heavy (non-hydrogen) atoms. The van der Waals surface area contributed by atoms with Gasteiger partial charge in [0.25, 0.3) is 5.91 Å². The first kappa shape index (κ1) is 16.7. The number of nitrogens with zero attached hydrogens (tertiary/aromatic N) is 3. The second-order valence-corrected chi connectivity index (χ2v) is 6.88. The smallest absolute Gasteiger partial charge is 0.287 e. The van der Waals surface area contributed by atoms with Crippen LogP contribution >= 0.6 is 0 Å². The average molecular weight is 349 g/mol. The quantitative estimate of drug-likeness (QED) is 0.742. The number of piperidine rings is 1. The van der Waals surface area contributed by atoms with Crippen molar-refractivity contribution < 1.29 is 4.79 Å². The number of fused-ring (bicyclic) bond motifs is 1. The highest BCUT2D eigenvalue weighted by Gasteiger charge is 2.21. The van der Waals surface area contributed by atoms with Crippen molar-refractivity contribution in [3.8, 4) is 0 Å². The standard InChI is InChI=1S/C20H23N5O/c26-20(19-23-17-8-1-2-9-18(17)24-19)22-12-15-6-5-11-25(13-15)14-16-7-3-4-10-21-16/h1-4,7-10,15H,5-6,11-14H2,(H,22,26)(H,23,24)/t15-/m1/s1. The molecule has 1 aromatic carbocycles. The molecule has 0 radical (unpaired) electrons. The molecule has 0 unspecified atom stereocenters. The van der Waals surface area contributed by atoms with E-state index in [1.54, 1.807) is 0 Å². The fraction of sp³-hybridized carbons (Fsp3) is 0.350. The SMILES string of the molecule is O=C(NC[C@H]1CCCN(Cc2ccccn2)C1)c1nc2ccccc2[nH]1.